The first kappa shape index (κ1) is 10.9. The van der Waals surface area contributed by atoms with Gasteiger partial charge in [0, 0.05) is 12.1 Å². The highest BCUT2D eigenvalue weighted by atomic mass is 19.1. The van der Waals surface area contributed by atoms with E-state index in [1.54, 1.807) is 0 Å². The van der Waals surface area contributed by atoms with Crippen LogP contribution in [0.4, 0.5) is 20.7 Å². The zero-order valence-electron chi connectivity index (χ0n) is 9.40. The lowest BCUT2D eigenvalue weighted by Crippen LogP contribution is -2.06. The highest BCUT2D eigenvalue weighted by molar-refractivity contribution is 5.43. The van der Waals surface area contributed by atoms with Gasteiger partial charge in [-0.3, -0.25) is 0 Å². The van der Waals surface area contributed by atoms with Gasteiger partial charge in [-0.2, -0.15) is 9.67 Å². The zero-order valence-corrected chi connectivity index (χ0v) is 9.40. The molecule has 0 aliphatic heterocycles. The Balaban J connectivity index is 1.96. The first-order valence-electron chi connectivity index (χ1n) is 5.58. The summed E-state index contributed by atoms with van der Waals surface area (Å²) in [7, 11) is 0. The van der Waals surface area contributed by atoms with E-state index in [9.17, 15) is 8.78 Å². The smallest absolute Gasteiger partial charge is 0.244 e. The maximum Gasteiger partial charge on any atom is 0.244 e. The van der Waals surface area contributed by atoms with Gasteiger partial charge in [0.1, 0.15) is 11.5 Å². The maximum absolute atomic E-state index is 13.6. The molecule has 7 heteroatoms. The lowest BCUT2D eigenvalue weighted by Gasteiger charge is -2.03. The molecule has 1 saturated carbocycles. The van der Waals surface area contributed by atoms with Crippen LogP contribution in [-0.4, -0.2) is 20.8 Å². The van der Waals surface area contributed by atoms with Crippen LogP contribution in [0.3, 0.4) is 0 Å². The molecule has 0 radical (unpaired) electrons. The second kappa shape index (κ2) is 3.94. The molecular formula is C11H11F2N5. The number of nitrogens with zero attached hydrogens (tertiary/aromatic N) is 3. The molecule has 0 saturated heterocycles. The Morgan fingerprint density at radius 3 is 2.78 bits per heavy atom. The van der Waals surface area contributed by atoms with Crippen LogP contribution in [0.5, 0.6) is 0 Å². The molecule has 3 N–H and O–H groups in total. The standard InChI is InChI=1S/C11H11F2N5/c12-6-1-4-9(8(13)5-6)18-10(14)16-11(17-18)15-7-2-3-7/h1,4-5,7H,2-3H2,(H3,14,15,16,17). The molecule has 1 aliphatic carbocycles. The van der Waals surface area contributed by atoms with Crippen LogP contribution in [0.2, 0.25) is 0 Å². The molecule has 1 fully saturated rings. The second-order valence-electron chi connectivity index (χ2n) is 4.22. The molecule has 94 valence electrons. The largest absolute Gasteiger partial charge is 0.368 e. The van der Waals surface area contributed by atoms with Gasteiger partial charge in [-0.15, -0.1) is 5.10 Å². The lowest BCUT2D eigenvalue weighted by molar-refractivity contribution is 0.574. The Bertz CT molecular complexity index is 591. The molecule has 5 nitrogen and oxygen atoms in total. The van der Waals surface area contributed by atoms with Crippen molar-refractivity contribution in [3.05, 3.63) is 29.8 Å². The summed E-state index contributed by atoms with van der Waals surface area (Å²) in [5.41, 5.74) is 5.74. The molecular weight excluding hydrogens is 240 g/mol. The first-order valence-corrected chi connectivity index (χ1v) is 5.58. The van der Waals surface area contributed by atoms with Gasteiger partial charge >= 0.3 is 0 Å². The molecule has 3 rings (SSSR count). The van der Waals surface area contributed by atoms with E-state index < -0.39 is 11.6 Å². The van der Waals surface area contributed by atoms with Crippen LogP contribution in [0.25, 0.3) is 5.69 Å². The van der Waals surface area contributed by atoms with E-state index in [0.29, 0.717) is 12.0 Å². The molecule has 2 aromatic rings. The van der Waals surface area contributed by atoms with Gasteiger partial charge < -0.3 is 11.1 Å². The monoisotopic (exact) mass is 251 g/mol. The number of halogens is 2. The Morgan fingerprint density at radius 1 is 1.33 bits per heavy atom. The first-order chi connectivity index (χ1) is 8.63. The number of rotatable bonds is 3. The third-order valence-corrected chi connectivity index (χ3v) is 2.68. The van der Waals surface area contributed by atoms with Crippen molar-refractivity contribution in [3.63, 3.8) is 0 Å². The molecule has 0 spiro atoms. The average molecular weight is 251 g/mol. The van der Waals surface area contributed by atoms with Crippen molar-refractivity contribution in [1.82, 2.24) is 14.8 Å². The quantitative estimate of drug-likeness (QED) is 0.871. The van der Waals surface area contributed by atoms with Crippen LogP contribution in [0.1, 0.15) is 12.8 Å². The zero-order chi connectivity index (χ0) is 12.7. The number of nitrogens with two attached hydrogens (primary N) is 1. The third-order valence-electron chi connectivity index (χ3n) is 2.68. The fourth-order valence-corrected chi connectivity index (χ4v) is 1.63. The summed E-state index contributed by atoms with van der Waals surface area (Å²) in [6, 6.07) is 3.58. The number of nitrogens with one attached hydrogen (secondary N) is 1. The Kier molecular flexibility index (Phi) is 2.39. The van der Waals surface area contributed by atoms with E-state index in [0.717, 1.165) is 29.7 Å². The number of hydrogen-bond donors (Lipinski definition) is 2. The summed E-state index contributed by atoms with van der Waals surface area (Å²) in [6.07, 6.45) is 2.14. The van der Waals surface area contributed by atoms with Crippen LogP contribution in [0, 0.1) is 11.6 Å². The van der Waals surface area contributed by atoms with Gasteiger partial charge in [0.15, 0.2) is 5.82 Å². The minimum Gasteiger partial charge on any atom is -0.368 e. The molecule has 0 unspecified atom stereocenters. The summed E-state index contributed by atoms with van der Waals surface area (Å²) < 4.78 is 27.6. The summed E-state index contributed by atoms with van der Waals surface area (Å²) in [5, 5.41) is 7.12. The fourth-order valence-electron chi connectivity index (χ4n) is 1.63. The van der Waals surface area contributed by atoms with Crippen molar-refractivity contribution in [3.8, 4) is 5.69 Å². The number of nitrogen functional groups attached to an aromatic ring is 1. The fraction of sp³-hybridized carbons (Fsp3) is 0.273. The summed E-state index contributed by atoms with van der Waals surface area (Å²) in [4.78, 5) is 3.99. The van der Waals surface area contributed by atoms with Gasteiger partial charge in [-0.05, 0) is 25.0 Å². The number of anilines is 2. The number of hydrogen-bond acceptors (Lipinski definition) is 4. The average Bonchev–Trinajstić information content (AvgIpc) is 3.03. The molecule has 1 aromatic heterocycles. The predicted octanol–water partition coefficient (Wildman–Crippen LogP) is 1.70. The topological polar surface area (TPSA) is 68.8 Å². The van der Waals surface area contributed by atoms with Crippen molar-refractivity contribution in [2.45, 2.75) is 18.9 Å². The number of aromatic nitrogens is 3. The Morgan fingerprint density at radius 2 is 2.11 bits per heavy atom. The highest BCUT2D eigenvalue weighted by Gasteiger charge is 2.23. The van der Waals surface area contributed by atoms with Gasteiger partial charge in [0.05, 0.1) is 0 Å². The minimum atomic E-state index is -0.732. The van der Waals surface area contributed by atoms with Gasteiger partial charge in [0.25, 0.3) is 0 Å². The minimum absolute atomic E-state index is 0.0589. The van der Waals surface area contributed by atoms with Crippen LogP contribution in [0.15, 0.2) is 18.2 Å². The van der Waals surface area contributed by atoms with Crippen LogP contribution < -0.4 is 11.1 Å². The normalized spacial score (nSPS) is 14.8. The van der Waals surface area contributed by atoms with Crippen molar-refractivity contribution in [1.29, 1.82) is 0 Å². The molecule has 0 atom stereocenters. The van der Waals surface area contributed by atoms with Gasteiger partial charge in [-0.1, -0.05) is 0 Å². The van der Waals surface area contributed by atoms with E-state index in [2.05, 4.69) is 15.4 Å². The molecule has 1 aromatic carbocycles. The summed E-state index contributed by atoms with van der Waals surface area (Å²) in [6.45, 7) is 0. The molecule has 1 heterocycles. The van der Waals surface area contributed by atoms with Crippen molar-refractivity contribution in [2.24, 2.45) is 0 Å². The lowest BCUT2D eigenvalue weighted by atomic mass is 10.3. The van der Waals surface area contributed by atoms with E-state index in [1.807, 2.05) is 0 Å². The molecule has 18 heavy (non-hydrogen) atoms. The van der Waals surface area contributed by atoms with E-state index in [1.165, 1.54) is 6.07 Å². The van der Waals surface area contributed by atoms with Crippen molar-refractivity contribution >= 4 is 11.9 Å². The van der Waals surface area contributed by atoms with Crippen LogP contribution >= 0.6 is 0 Å². The molecule has 1 aliphatic rings. The molecule has 0 amide bonds. The Labute approximate surface area is 102 Å². The molecule has 0 bridgehead atoms. The van der Waals surface area contributed by atoms with E-state index in [-0.39, 0.29) is 11.6 Å². The highest BCUT2D eigenvalue weighted by Crippen LogP contribution is 2.24. The van der Waals surface area contributed by atoms with E-state index >= 15 is 0 Å². The predicted molar refractivity (Wildman–Crippen MR) is 62.3 cm³/mol. The third kappa shape index (κ3) is 1.99. The number of benzene rings is 1. The SMILES string of the molecule is Nc1nc(NC2CC2)nn1-c1ccc(F)cc1F. The van der Waals surface area contributed by atoms with Gasteiger partial charge in [0.2, 0.25) is 11.9 Å². The van der Waals surface area contributed by atoms with Crippen LogP contribution in [-0.2, 0) is 0 Å². The summed E-state index contributed by atoms with van der Waals surface area (Å²) in [5.74, 6) is -0.960. The van der Waals surface area contributed by atoms with Gasteiger partial charge in [-0.25, -0.2) is 8.78 Å². The van der Waals surface area contributed by atoms with Crippen molar-refractivity contribution in [2.75, 3.05) is 11.1 Å². The summed E-state index contributed by atoms with van der Waals surface area (Å²) >= 11 is 0. The van der Waals surface area contributed by atoms with Crippen molar-refractivity contribution < 1.29 is 8.78 Å². The maximum atomic E-state index is 13.6. The van der Waals surface area contributed by atoms with E-state index in [4.69, 9.17) is 5.73 Å². The second-order valence-corrected chi connectivity index (χ2v) is 4.22. The Hall–Kier alpha value is -2.18.